The van der Waals surface area contributed by atoms with Crippen LogP contribution in [0.2, 0.25) is 0 Å². The molecule has 0 aliphatic carbocycles. The zero-order valence-electron chi connectivity index (χ0n) is 14.1. The van der Waals surface area contributed by atoms with Crippen molar-refractivity contribution in [1.82, 2.24) is 4.98 Å². The maximum absolute atomic E-state index is 8.12. The first kappa shape index (κ1) is 12.1. The summed E-state index contributed by atoms with van der Waals surface area (Å²) in [5, 5.41) is 0. The van der Waals surface area contributed by atoms with E-state index >= 15 is 0 Å². The molecule has 1 heterocycles. The molecule has 2 heteroatoms. The van der Waals surface area contributed by atoms with Gasteiger partial charge in [0.2, 0.25) is 0 Å². The van der Waals surface area contributed by atoms with Crippen molar-refractivity contribution in [3.05, 3.63) is 61.6 Å². The molecule has 18 heavy (non-hydrogen) atoms. The van der Waals surface area contributed by atoms with Gasteiger partial charge in [-0.3, -0.25) is 0 Å². The van der Waals surface area contributed by atoms with Crippen molar-refractivity contribution < 1.29 is 24.2 Å². The van der Waals surface area contributed by atoms with Crippen LogP contribution in [0.25, 0.3) is 11.3 Å². The maximum Gasteiger partial charge on any atom is 0.0833 e. The molecule has 0 saturated heterocycles. The van der Waals surface area contributed by atoms with Gasteiger partial charge in [-0.15, -0.1) is 35.9 Å². The molecular weight excluding hydrogens is 398 g/mol. The van der Waals surface area contributed by atoms with Crippen molar-refractivity contribution in [2.45, 2.75) is 26.2 Å². The first-order valence-electron chi connectivity index (χ1n) is 6.77. The van der Waals surface area contributed by atoms with E-state index in [1.807, 2.05) is 32.9 Å². The second kappa shape index (κ2) is 6.82. The molecule has 0 atom stereocenters. The molecule has 1 aromatic heterocycles. The molecule has 1 radical (unpaired) electrons. The Labute approximate surface area is 128 Å². The predicted molar refractivity (Wildman–Crippen MR) is 73.6 cm³/mol. The van der Waals surface area contributed by atoms with E-state index in [4.69, 9.17) is 4.11 Å². The van der Waals surface area contributed by atoms with Gasteiger partial charge in [-0.25, -0.2) is 0 Å². The molecule has 0 unspecified atom stereocenters. The number of nitrogens with zero attached hydrogens (tertiary/aromatic N) is 1. The second-order valence-electron chi connectivity index (χ2n) is 4.72. The van der Waals surface area contributed by atoms with Gasteiger partial charge in [-0.2, -0.15) is 0 Å². The zero-order valence-corrected chi connectivity index (χ0v) is 13.5. The SMILES string of the molecule is [2H]c1nc(-c2[c-]cccc2)c([2H])c([2H])c1C(C)(C)C.[CH3-].[Ir]. The number of rotatable bonds is 1. The van der Waals surface area contributed by atoms with E-state index in [0.29, 0.717) is 16.8 Å². The predicted octanol–water partition coefficient (Wildman–Crippen LogP) is 4.29. The van der Waals surface area contributed by atoms with Gasteiger partial charge >= 0.3 is 0 Å². The Morgan fingerprint density at radius 1 is 1.22 bits per heavy atom. The van der Waals surface area contributed by atoms with Crippen LogP contribution in [0, 0.1) is 13.5 Å². The fourth-order valence-electron chi connectivity index (χ4n) is 1.31. The maximum atomic E-state index is 8.12. The minimum Gasteiger partial charge on any atom is -0.358 e. The Kier molecular flexibility index (Phi) is 4.57. The Morgan fingerprint density at radius 3 is 2.50 bits per heavy atom. The van der Waals surface area contributed by atoms with E-state index in [1.54, 1.807) is 12.1 Å². The third kappa shape index (κ3) is 4.04. The fraction of sp³-hybridized carbons (Fsp3) is 0.250. The molecule has 0 N–H and O–H groups in total. The van der Waals surface area contributed by atoms with E-state index in [0.717, 1.165) is 0 Å². The molecule has 0 amide bonds. The molecule has 2 aromatic rings. The van der Waals surface area contributed by atoms with Crippen molar-refractivity contribution >= 4 is 0 Å². The summed E-state index contributed by atoms with van der Waals surface area (Å²) in [7, 11) is 0. The van der Waals surface area contributed by atoms with E-state index in [-0.39, 0.29) is 51.2 Å². The van der Waals surface area contributed by atoms with E-state index in [2.05, 4.69) is 11.1 Å². The Balaban J connectivity index is 0.00000200. The number of pyridine rings is 1. The van der Waals surface area contributed by atoms with Gasteiger partial charge in [-0.05, 0) is 16.7 Å². The van der Waals surface area contributed by atoms with Crippen LogP contribution in [0.3, 0.4) is 0 Å². The summed E-state index contributed by atoms with van der Waals surface area (Å²) >= 11 is 0. The molecule has 1 nitrogen and oxygen atoms in total. The van der Waals surface area contributed by atoms with Crippen molar-refractivity contribution in [2.75, 3.05) is 0 Å². The molecule has 0 spiro atoms. The minimum atomic E-state index is -0.365. The molecule has 0 bridgehead atoms. The zero-order chi connectivity index (χ0) is 14.2. The van der Waals surface area contributed by atoms with Crippen LogP contribution >= 0.6 is 0 Å². The quantitative estimate of drug-likeness (QED) is 0.627. The van der Waals surface area contributed by atoms with Crippen LogP contribution in [0.15, 0.2) is 42.5 Å². The van der Waals surface area contributed by atoms with Gasteiger partial charge < -0.3 is 12.4 Å². The van der Waals surface area contributed by atoms with Crippen molar-refractivity contribution in [3.63, 3.8) is 0 Å². The minimum absolute atomic E-state index is 0. The van der Waals surface area contributed by atoms with Gasteiger partial charge in [0.15, 0.2) is 0 Å². The van der Waals surface area contributed by atoms with Gasteiger partial charge in [0.1, 0.15) is 0 Å². The molecule has 0 fully saturated rings. The average molecular weight is 421 g/mol. The number of benzene rings is 1. The summed E-state index contributed by atoms with van der Waals surface area (Å²) in [6.07, 6.45) is 0.0701. The first-order valence-corrected chi connectivity index (χ1v) is 5.27. The molecule has 0 aliphatic rings. The fourth-order valence-corrected chi connectivity index (χ4v) is 1.31. The smallest absolute Gasteiger partial charge is 0.0833 e. The van der Waals surface area contributed by atoms with Gasteiger partial charge in [0, 0.05) is 26.3 Å². The molecule has 1 aromatic carbocycles. The molecule has 0 saturated carbocycles. The average Bonchev–Trinajstić information content (AvgIpc) is 2.33. The van der Waals surface area contributed by atoms with Crippen molar-refractivity contribution in [3.8, 4) is 11.3 Å². The van der Waals surface area contributed by atoms with Crippen LogP contribution in [0.5, 0.6) is 0 Å². The third-order valence-electron chi connectivity index (χ3n) is 2.30. The normalized spacial score (nSPS) is 12.5. The summed E-state index contributed by atoms with van der Waals surface area (Å²) in [6, 6.07) is 10.3. The third-order valence-corrected chi connectivity index (χ3v) is 2.30. The molecule has 0 aliphatic heterocycles. The topological polar surface area (TPSA) is 12.9 Å². The Bertz CT molecular complexity index is 607. The standard InChI is InChI=1S/C15H16N.CH3.Ir/c1-15(2,3)13-9-10-14(16-11-13)12-7-5-4-6-8-12;;/h4-7,9-11H,1-3H3;1H3;/q2*-1;/i9D,10D,11D;;. The van der Waals surface area contributed by atoms with Crippen molar-refractivity contribution in [2.24, 2.45) is 0 Å². The van der Waals surface area contributed by atoms with Gasteiger partial charge in [0.05, 0.1) is 4.11 Å². The van der Waals surface area contributed by atoms with Crippen LogP contribution in [-0.2, 0) is 25.5 Å². The van der Waals surface area contributed by atoms with Crippen LogP contribution < -0.4 is 0 Å². The van der Waals surface area contributed by atoms with E-state index in [1.165, 1.54) is 0 Å². The number of hydrogen-bond donors (Lipinski definition) is 0. The number of hydrogen-bond acceptors (Lipinski definition) is 1. The summed E-state index contributed by atoms with van der Waals surface area (Å²) in [5.74, 6) is 0. The summed E-state index contributed by atoms with van der Waals surface area (Å²) < 4.78 is 24.2. The summed E-state index contributed by atoms with van der Waals surface area (Å²) in [4.78, 5) is 4.20. The van der Waals surface area contributed by atoms with E-state index in [9.17, 15) is 0 Å². The van der Waals surface area contributed by atoms with Crippen molar-refractivity contribution in [1.29, 1.82) is 0 Å². The van der Waals surface area contributed by atoms with Crippen LogP contribution in [0.4, 0.5) is 0 Å². The van der Waals surface area contributed by atoms with Gasteiger partial charge in [0.25, 0.3) is 0 Å². The van der Waals surface area contributed by atoms with Crippen LogP contribution in [0.1, 0.15) is 30.4 Å². The summed E-state index contributed by atoms with van der Waals surface area (Å²) in [5.41, 5.74) is 1.14. The van der Waals surface area contributed by atoms with Crippen LogP contribution in [-0.4, -0.2) is 4.98 Å². The largest absolute Gasteiger partial charge is 0.358 e. The second-order valence-corrected chi connectivity index (χ2v) is 4.72. The molecule has 99 valence electrons. The molecule has 2 rings (SSSR count). The van der Waals surface area contributed by atoms with E-state index < -0.39 is 0 Å². The first-order chi connectivity index (χ1) is 8.82. The number of aromatic nitrogens is 1. The summed E-state index contributed by atoms with van der Waals surface area (Å²) in [6.45, 7) is 5.77. The Hall–Kier alpha value is -0.981. The van der Waals surface area contributed by atoms with Gasteiger partial charge in [-0.1, -0.05) is 32.9 Å². The monoisotopic (exact) mass is 421 g/mol. The Morgan fingerprint density at radius 2 is 1.94 bits per heavy atom. The molecular formula is C16H19IrN-2.